The Labute approximate surface area is 130 Å². The van der Waals surface area contributed by atoms with Gasteiger partial charge in [-0.25, -0.2) is 9.79 Å². The topological polar surface area (TPSA) is 94.9 Å². The van der Waals surface area contributed by atoms with E-state index < -0.39 is 10.9 Å². The summed E-state index contributed by atoms with van der Waals surface area (Å²) in [7, 11) is 0. The Morgan fingerprint density at radius 2 is 2.04 bits per heavy atom. The highest BCUT2D eigenvalue weighted by Gasteiger charge is 2.21. The fraction of sp³-hybridized carbons (Fsp3) is 0. The molecule has 2 aromatic rings. The lowest BCUT2D eigenvalue weighted by molar-refractivity contribution is -0.384. The number of cyclic esters (lactones) is 1. The maximum atomic E-state index is 11.7. The van der Waals surface area contributed by atoms with Crippen LogP contribution in [0.25, 0.3) is 12.2 Å². The van der Waals surface area contributed by atoms with Gasteiger partial charge >= 0.3 is 5.97 Å². The molecule has 23 heavy (non-hydrogen) atoms. The summed E-state index contributed by atoms with van der Waals surface area (Å²) < 4.78 is 10.1. The van der Waals surface area contributed by atoms with Gasteiger partial charge in [0.25, 0.3) is 5.69 Å². The number of aliphatic imine (C=N–C) groups is 1. The number of nitrogens with zero attached hydrogens (tertiary/aromatic N) is 2. The van der Waals surface area contributed by atoms with Gasteiger partial charge in [-0.05, 0) is 23.8 Å². The second-order valence-electron chi connectivity index (χ2n) is 4.57. The molecular formula is C16H10N2O5. The molecule has 114 valence electrons. The number of rotatable bonds is 4. The van der Waals surface area contributed by atoms with Crippen molar-refractivity contribution in [2.45, 2.75) is 0 Å². The van der Waals surface area contributed by atoms with Crippen LogP contribution in [0.15, 0.2) is 63.8 Å². The average molecular weight is 310 g/mol. The Morgan fingerprint density at radius 1 is 1.17 bits per heavy atom. The van der Waals surface area contributed by atoms with Crippen LogP contribution in [-0.2, 0) is 9.53 Å². The predicted octanol–water partition coefficient (Wildman–Crippen LogP) is 3.20. The third-order valence-electron chi connectivity index (χ3n) is 2.96. The Kier molecular flexibility index (Phi) is 3.84. The average Bonchev–Trinajstić information content (AvgIpc) is 3.16. The lowest BCUT2D eigenvalue weighted by Crippen LogP contribution is -2.01. The molecule has 1 aliphatic rings. The van der Waals surface area contributed by atoms with Gasteiger partial charge in [-0.1, -0.05) is 12.1 Å². The molecule has 2 heterocycles. The van der Waals surface area contributed by atoms with Gasteiger partial charge in [0.1, 0.15) is 5.76 Å². The molecule has 0 amide bonds. The van der Waals surface area contributed by atoms with Crippen molar-refractivity contribution < 1.29 is 18.9 Å². The molecule has 0 radical (unpaired) electrons. The smallest absolute Gasteiger partial charge is 0.363 e. The second-order valence-corrected chi connectivity index (χ2v) is 4.57. The van der Waals surface area contributed by atoms with E-state index in [-0.39, 0.29) is 17.3 Å². The summed E-state index contributed by atoms with van der Waals surface area (Å²) in [6.45, 7) is 0. The van der Waals surface area contributed by atoms with Crippen molar-refractivity contribution in [2.24, 2.45) is 4.99 Å². The summed E-state index contributed by atoms with van der Waals surface area (Å²) in [4.78, 5) is 26.0. The number of benzene rings is 1. The quantitative estimate of drug-likeness (QED) is 0.374. The molecule has 7 nitrogen and oxygen atoms in total. The summed E-state index contributed by atoms with van der Waals surface area (Å²) in [6.07, 6.45) is 6.00. The highest BCUT2D eigenvalue weighted by Crippen LogP contribution is 2.18. The van der Waals surface area contributed by atoms with Crippen LogP contribution in [0.5, 0.6) is 0 Å². The molecule has 1 aromatic heterocycles. The molecule has 0 spiro atoms. The number of ether oxygens (including phenoxy) is 1. The fourth-order valence-corrected chi connectivity index (χ4v) is 1.91. The standard InChI is InChI=1S/C16H10N2O5/c19-16-14(10-13-5-2-8-22-13)17-15(23-16)7-6-11-3-1-4-12(9-11)18(20)21/h1-10H/b7-6+,14-10-. The fourth-order valence-electron chi connectivity index (χ4n) is 1.91. The van der Waals surface area contributed by atoms with Gasteiger partial charge in [0.2, 0.25) is 5.90 Å². The minimum absolute atomic E-state index is 0.0177. The van der Waals surface area contributed by atoms with Crippen LogP contribution >= 0.6 is 0 Å². The Bertz CT molecular complexity index is 847. The van der Waals surface area contributed by atoms with Crippen molar-refractivity contribution in [1.29, 1.82) is 0 Å². The number of nitro groups is 1. The first-order chi connectivity index (χ1) is 11.1. The Balaban J connectivity index is 1.79. The van der Waals surface area contributed by atoms with Gasteiger partial charge < -0.3 is 9.15 Å². The highest BCUT2D eigenvalue weighted by atomic mass is 16.6. The first-order valence-corrected chi connectivity index (χ1v) is 6.60. The van der Waals surface area contributed by atoms with Gasteiger partial charge in [-0.2, -0.15) is 0 Å². The zero-order chi connectivity index (χ0) is 16.2. The third kappa shape index (κ3) is 3.41. The number of hydrogen-bond donors (Lipinski definition) is 0. The van der Waals surface area contributed by atoms with Gasteiger partial charge in [-0.15, -0.1) is 0 Å². The predicted molar refractivity (Wildman–Crippen MR) is 82.3 cm³/mol. The highest BCUT2D eigenvalue weighted by molar-refractivity contribution is 6.11. The largest absolute Gasteiger partial charge is 0.465 e. The normalized spacial score (nSPS) is 15.9. The number of carbonyl (C=O) groups is 1. The molecule has 0 saturated heterocycles. The molecule has 0 atom stereocenters. The molecule has 0 unspecified atom stereocenters. The van der Waals surface area contributed by atoms with Crippen molar-refractivity contribution in [3.05, 3.63) is 75.9 Å². The van der Waals surface area contributed by atoms with E-state index in [1.807, 2.05) is 0 Å². The molecule has 0 bridgehead atoms. The maximum absolute atomic E-state index is 11.7. The van der Waals surface area contributed by atoms with E-state index in [2.05, 4.69) is 4.99 Å². The Hall–Kier alpha value is -3.48. The molecule has 0 N–H and O–H groups in total. The molecule has 0 fully saturated rings. The van der Waals surface area contributed by atoms with Crippen LogP contribution in [0.4, 0.5) is 5.69 Å². The number of esters is 1. The van der Waals surface area contributed by atoms with Gasteiger partial charge in [0.15, 0.2) is 5.70 Å². The number of furan rings is 1. The van der Waals surface area contributed by atoms with Gasteiger partial charge in [-0.3, -0.25) is 10.1 Å². The molecule has 3 rings (SSSR count). The lowest BCUT2D eigenvalue weighted by atomic mass is 10.2. The zero-order valence-corrected chi connectivity index (χ0v) is 11.7. The van der Waals surface area contributed by atoms with Crippen LogP contribution in [0.3, 0.4) is 0 Å². The summed E-state index contributed by atoms with van der Waals surface area (Å²) in [5.41, 5.74) is 0.705. The van der Waals surface area contributed by atoms with Crippen molar-refractivity contribution in [3.63, 3.8) is 0 Å². The van der Waals surface area contributed by atoms with E-state index in [9.17, 15) is 14.9 Å². The minimum Gasteiger partial charge on any atom is -0.465 e. The maximum Gasteiger partial charge on any atom is 0.363 e. The zero-order valence-electron chi connectivity index (χ0n) is 11.7. The monoisotopic (exact) mass is 310 g/mol. The molecule has 1 aromatic carbocycles. The summed E-state index contributed by atoms with van der Waals surface area (Å²) in [5, 5.41) is 10.7. The van der Waals surface area contributed by atoms with Gasteiger partial charge in [0.05, 0.1) is 11.2 Å². The van der Waals surface area contributed by atoms with Crippen molar-refractivity contribution in [1.82, 2.24) is 0 Å². The van der Waals surface area contributed by atoms with Crippen LogP contribution in [0, 0.1) is 10.1 Å². The van der Waals surface area contributed by atoms with E-state index in [1.54, 1.807) is 30.3 Å². The van der Waals surface area contributed by atoms with Crippen molar-refractivity contribution >= 4 is 29.7 Å². The molecule has 1 aliphatic heterocycles. The lowest BCUT2D eigenvalue weighted by Gasteiger charge is -1.94. The van der Waals surface area contributed by atoms with Crippen molar-refractivity contribution in [2.75, 3.05) is 0 Å². The Morgan fingerprint density at radius 3 is 2.78 bits per heavy atom. The minimum atomic E-state index is -0.583. The summed E-state index contributed by atoms with van der Waals surface area (Å²) in [6, 6.07) is 9.46. The summed E-state index contributed by atoms with van der Waals surface area (Å²) >= 11 is 0. The SMILES string of the molecule is O=C1OC(/C=C/c2cccc([N+](=O)[O-])c2)=NC/1=C\c1ccco1. The van der Waals surface area contributed by atoms with Crippen LogP contribution < -0.4 is 0 Å². The molecule has 0 aliphatic carbocycles. The first-order valence-electron chi connectivity index (χ1n) is 6.60. The summed E-state index contributed by atoms with van der Waals surface area (Å²) in [5.74, 6) is 0.0176. The number of hydrogen-bond acceptors (Lipinski definition) is 6. The van der Waals surface area contributed by atoms with Crippen molar-refractivity contribution in [3.8, 4) is 0 Å². The number of carbonyl (C=O) groups excluding carboxylic acids is 1. The molecule has 0 saturated carbocycles. The number of non-ortho nitro benzene ring substituents is 1. The van der Waals surface area contributed by atoms with E-state index >= 15 is 0 Å². The first kappa shape index (κ1) is 14.5. The molecule has 7 heteroatoms. The van der Waals surface area contributed by atoms with Gasteiger partial charge in [0, 0.05) is 24.3 Å². The third-order valence-corrected chi connectivity index (χ3v) is 2.96. The van der Waals surface area contributed by atoms with E-state index in [4.69, 9.17) is 9.15 Å². The number of nitro benzene ring substituents is 1. The van der Waals surface area contributed by atoms with E-state index in [0.717, 1.165) is 0 Å². The van der Waals surface area contributed by atoms with E-state index in [0.29, 0.717) is 11.3 Å². The van der Waals surface area contributed by atoms with Crippen LogP contribution in [0.2, 0.25) is 0 Å². The molecular weight excluding hydrogens is 300 g/mol. The van der Waals surface area contributed by atoms with Crippen LogP contribution in [0.1, 0.15) is 11.3 Å². The van der Waals surface area contributed by atoms with E-state index in [1.165, 1.54) is 30.5 Å². The second kappa shape index (κ2) is 6.10. The van der Waals surface area contributed by atoms with Crippen LogP contribution in [-0.4, -0.2) is 16.8 Å².